The lowest BCUT2D eigenvalue weighted by Gasteiger charge is -2.05. The van der Waals surface area contributed by atoms with Crippen LogP contribution in [0.2, 0.25) is 5.15 Å². The van der Waals surface area contributed by atoms with Gasteiger partial charge in [-0.1, -0.05) is 11.6 Å². The molecule has 0 amide bonds. The fourth-order valence-corrected chi connectivity index (χ4v) is 2.59. The van der Waals surface area contributed by atoms with E-state index in [1.54, 1.807) is 12.1 Å². The first kappa shape index (κ1) is 12.4. The van der Waals surface area contributed by atoms with E-state index >= 15 is 0 Å². The van der Waals surface area contributed by atoms with Crippen LogP contribution in [0.3, 0.4) is 0 Å². The quantitative estimate of drug-likeness (QED) is 0.679. The number of hydrogen-bond donors (Lipinski definition) is 1. The number of H-pyrrole nitrogens is 1. The van der Waals surface area contributed by atoms with Crippen LogP contribution in [0.4, 0.5) is 13.2 Å². The first-order chi connectivity index (χ1) is 8.97. The minimum absolute atomic E-state index is 0.0125. The third-order valence-corrected chi connectivity index (χ3v) is 3.66. The molecule has 0 bridgehead atoms. The number of nitrogens with zero attached hydrogens (tertiary/aromatic N) is 2. The van der Waals surface area contributed by atoms with E-state index in [-0.39, 0.29) is 10.7 Å². The van der Waals surface area contributed by atoms with Crippen LogP contribution in [0, 0.1) is 0 Å². The Morgan fingerprint density at radius 3 is 2.74 bits per heavy atom. The molecule has 3 heterocycles. The van der Waals surface area contributed by atoms with Gasteiger partial charge in [-0.25, -0.2) is 4.98 Å². The van der Waals surface area contributed by atoms with E-state index in [1.807, 2.05) is 0 Å². The summed E-state index contributed by atoms with van der Waals surface area (Å²) in [5.74, 6) is 0. The number of pyridine rings is 1. The van der Waals surface area contributed by atoms with Crippen molar-refractivity contribution in [2.24, 2.45) is 0 Å². The number of halogens is 4. The van der Waals surface area contributed by atoms with E-state index in [9.17, 15) is 13.2 Å². The first-order valence-electron chi connectivity index (χ1n) is 5.12. The smallest absolute Gasteiger partial charge is 0.359 e. The van der Waals surface area contributed by atoms with Gasteiger partial charge in [-0.15, -0.1) is 0 Å². The molecule has 0 aliphatic heterocycles. The summed E-state index contributed by atoms with van der Waals surface area (Å²) in [5, 5.41) is 0.227. The van der Waals surface area contributed by atoms with Crippen molar-refractivity contribution in [2.75, 3.05) is 0 Å². The second kappa shape index (κ2) is 4.21. The molecule has 0 saturated carbocycles. The Labute approximate surface area is 114 Å². The number of aromatic nitrogens is 3. The van der Waals surface area contributed by atoms with Gasteiger partial charge in [0.25, 0.3) is 0 Å². The molecule has 1 N–H and O–H groups in total. The van der Waals surface area contributed by atoms with Crippen LogP contribution in [0.5, 0.6) is 0 Å². The Hall–Kier alpha value is -1.60. The lowest BCUT2D eigenvalue weighted by molar-refractivity contribution is -0.133. The average Bonchev–Trinajstić information content (AvgIpc) is 2.91. The molecular formula is C11H5ClF3N3S. The predicted octanol–water partition coefficient (Wildman–Crippen LogP) is 4.36. The van der Waals surface area contributed by atoms with Crippen molar-refractivity contribution in [1.29, 1.82) is 0 Å². The Morgan fingerprint density at radius 1 is 1.21 bits per heavy atom. The van der Waals surface area contributed by atoms with Gasteiger partial charge in [-0.2, -0.15) is 17.5 Å². The maximum atomic E-state index is 12.9. The molecule has 0 aliphatic rings. The molecule has 3 nitrogen and oxygen atoms in total. The molecule has 3 aromatic heterocycles. The third-order valence-electron chi connectivity index (χ3n) is 2.61. The van der Waals surface area contributed by atoms with Crippen LogP contribution in [0.25, 0.3) is 22.2 Å². The second-order valence-corrected chi connectivity index (χ2v) is 4.99. The largest absolute Gasteiger partial charge is 0.427 e. The zero-order valence-corrected chi connectivity index (χ0v) is 10.7. The van der Waals surface area contributed by atoms with Crippen molar-refractivity contribution in [1.82, 2.24) is 14.3 Å². The molecule has 0 radical (unpaired) electrons. The zero-order chi connectivity index (χ0) is 13.6. The lowest BCUT2D eigenvalue weighted by atomic mass is 10.1. The highest BCUT2D eigenvalue weighted by molar-refractivity contribution is 7.06. The molecule has 0 fully saturated rings. The van der Waals surface area contributed by atoms with Gasteiger partial charge in [0.2, 0.25) is 0 Å². The summed E-state index contributed by atoms with van der Waals surface area (Å²) >= 11 is 6.20. The van der Waals surface area contributed by atoms with Crippen LogP contribution in [-0.4, -0.2) is 14.3 Å². The molecule has 0 spiro atoms. The summed E-state index contributed by atoms with van der Waals surface area (Å²) in [4.78, 5) is 6.19. The van der Waals surface area contributed by atoms with Gasteiger partial charge in [0.15, 0.2) is 0 Å². The number of nitrogens with one attached hydrogen (secondary N) is 1. The highest BCUT2D eigenvalue weighted by Gasteiger charge is 2.36. The molecule has 0 aromatic carbocycles. The number of alkyl halides is 3. The minimum atomic E-state index is -4.43. The topological polar surface area (TPSA) is 41.6 Å². The molecule has 19 heavy (non-hydrogen) atoms. The summed E-state index contributed by atoms with van der Waals surface area (Å²) in [6, 6.07) is 3.24. The number of hydrogen-bond acceptors (Lipinski definition) is 3. The Morgan fingerprint density at radius 2 is 2.00 bits per heavy atom. The first-order valence-corrected chi connectivity index (χ1v) is 6.28. The minimum Gasteiger partial charge on any atom is -0.359 e. The summed E-state index contributed by atoms with van der Waals surface area (Å²) in [7, 11) is 0. The van der Waals surface area contributed by atoms with Crippen LogP contribution in [-0.2, 0) is 6.18 Å². The molecule has 98 valence electrons. The molecule has 8 heteroatoms. The molecular weight excluding hydrogens is 299 g/mol. The van der Waals surface area contributed by atoms with E-state index in [4.69, 9.17) is 11.6 Å². The fourth-order valence-electron chi connectivity index (χ4n) is 1.82. The van der Waals surface area contributed by atoms with Crippen LogP contribution in [0.15, 0.2) is 24.5 Å². The van der Waals surface area contributed by atoms with Crippen LogP contribution >= 0.6 is 23.1 Å². The molecule has 0 unspecified atom stereocenters. The van der Waals surface area contributed by atoms with E-state index in [2.05, 4.69) is 14.3 Å². The summed E-state index contributed by atoms with van der Waals surface area (Å²) in [5.41, 5.74) is 1.38. The maximum absolute atomic E-state index is 12.9. The Kier molecular flexibility index (Phi) is 2.75. The van der Waals surface area contributed by atoms with E-state index in [0.29, 0.717) is 28.1 Å². The number of aromatic amines is 1. The average molecular weight is 304 g/mol. The molecule has 0 atom stereocenters. The molecule has 0 aliphatic carbocycles. The monoisotopic (exact) mass is 303 g/mol. The summed E-state index contributed by atoms with van der Waals surface area (Å²) < 4.78 is 42.2. The molecule has 3 aromatic rings. The maximum Gasteiger partial charge on any atom is 0.427 e. The SMILES string of the molecule is FC(F)(F)c1sncc1-c1c[nH]c2ccc(Cl)nc12. The summed E-state index contributed by atoms with van der Waals surface area (Å²) in [6.45, 7) is 0. The molecule has 0 saturated heterocycles. The Bertz CT molecular complexity index is 747. The van der Waals surface area contributed by atoms with E-state index in [1.165, 1.54) is 12.4 Å². The van der Waals surface area contributed by atoms with Gasteiger partial charge in [0.1, 0.15) is 10.0 Å². The second-order valence-electron chi connectivity index (χ2n) is 3.80. The van der Waals surface area contributed by atoms with Crippen LogP contribution < -0.4 is 0 Å². The normalized spacial score (nSPS) is 12.2. The highest BCUT2D eigenvalue weighted by Crippen LogP contribution is 2.41. The van der Waals surface area contributed by atoms with Gasteiger partial charge in [0.05, 0.1) is 11.0 Å². The lowest BCUT2D eigenvalue weighted by Crippen LogP contribution is -2.03. The van der Waals surface area contributed by atoms with Crippen molar-refractivity contribution >= 4 is 34.2 Å². The van der Waals surface area contributed by atoms with Crippen molar-refractivity contribution in [3.8, 4) is 11.1 Å². The molecule has 3 rings (SSSR count). The van der Waals surface area contributed by atoms with Gasteiger partial charge in [0, 0.05) is 23.5 Å². The highest BCUT2D eigenvalue weighted by atomic mass is 35.5. The van der Waals surface area contributed by atoms with E-state index in [0.717, 1.165) is 0 Å². The van der Waals surface area contributed by atoms with E-state index < -0.39 is 11.1 Å². The zero-order valence-electron chi connectivity index (χ0n) is 9.12. The van der Waals surface area contributed by atoms with Crippen molar-refractivity contribution in [2.45, 2.75) is 6.18 Å². The predicted molar refractivity (Wildman–Crippen MR) is 67.2 cm³/mol. The fraction of sp³-hybridized carbons (Fsp3) is 0.0909. The number of rotatable bonds is 1. The van der Waals surface area contributed by atoms with Crippen LogP contribution in [0.1, 0.15) is 4.88 Å². The third kappa shape index (κ3) is 2.08. The van der Waals surface area contributed by atoms with Gasteiger partial charge >= 0.3 is 6.18 Å². The summed E-state index contributed by atoms with van der Waals surface area (Å²) in [6.07, 6.45) is -1.76. The van der Waals surface area contributed by atoms with Crippen molar-refractivity contribution in [3.05, 3.63) is 34.6 Å². The van der Waals surface area contributed by atoms with Crippen molar-refractivity contribution in [3.63, 3.8) is 0 Å². The standard InChI is InChI=1S/C11H5ClF3N3S/c12-8-2-1-7-9(18-8)5(3-16-7)6-4-17-19-10(6)11(13,14)15/h1-4,16H. The number of fused-ring (bicyclic) bond motifs is 1. The van der Waals surface area contributed by atoms with Gasteiger partial charge in [-0.05, 0) is 23.7 Å². The van der Waals surface area contributed by atoms with Crippen molar-refractivity contribution < 1.29 is 13.2 Å². The Balaban J connectivity index is 2.26. The van der Waals surface area contributed by atoms with Gasteiger partial charge < -0.3 is 4.98 Å². The van der Waals surface area contributed by atoms with Gasteiger partial charge in [-0.3, -0.25) is 0 Å².